The van der Waals surface area contributed by atoms with E-state index in [1.165, 1.54) is 11.8 Å². The minimum Gasteiger partial charge on any atom is -0.292 e. The fourth-order valence-corrected chi connectivity index (χ4v) is 4.89. The molecule has 1 N–H and O–H groups in total. The standard InChI is InChI=1S/C21H19BrF2N2O3S/c22-19-12-25-20(30-21(23,24)18(27)6-3-11-29-28)26(19)17-10-9-14(13-7-8-13)15-4-1-2-5-16(15)17/h1-2,4-5,9-10,12-13,28H,3,6-8,11H2. The van der Waals surface area contributed by atoms with E-state index in [0.29, 0.717) is 10.5 Å². The average Bonchev–Trinajstić information content (AvgIpc) is 3.51. The van der Waals surface area contributed by atoms with Crippen molar-refractivity contribution in [3.63, 3.8) is 0 Å². The van der Waals surface area contributed by atoms with Gasteiger partial charge in [0.05, 0.1) is 18.5 Å². The lowest BCUT2D eigenvalue weighted by Gasteiger charge is -2.17. The zero-order valence-electron chi connectivity index (χ0n) is 15.9. The topological polar surface area (TPSA) is 64.3 Å². The predicted octanol–water partition coefficient (Wildman–Crippen LogP) is 6.19. The van der Waals surface area contributed by atoms with Crippen molar-refractivity contribution in [1.29, 1.82) is 0 Å². The Morgan fingerprint density at radius 2 is 2.00 bits per heavy atom. The Hall–Kier alpha value is -1.81. The molecule has 5 nitrogen and oxygen atoms in total. The lowest BCUT2D eigenvalue weighted by atomic mass is 9.99. The summed E-state index contributed by atoms with van der Waals surface area (Å²) in [5.74, 6) is -0.682. The van der Waals surface area contributed by atoms with E-state index < -0.39 is 17.5 Å². The summed E-state index contributed by atoms with van der Waals surface area (Å²) in [7, 11) is 0. The fourth-order valence-electron chi connectivity index (χ4n) is 3.47. The van der Waals surface area contributed by atoms with Crippen LogP contribution in [0.4, 0.5) is 8.78 Å². The number of Topliss-reactive ketones (excluding diaryl/α,β-unsaturated/α-hetero) is 1. The van der Waals surface area contributed by atoms with Crippen LogP contribution in [0.5, 0.6) is 0 Å². The molecule has 3 aromatic rings. The van der Waals surface area contributed by atoms with E-state index >= 15 is 0 Å². The van der Waals surface area contributed by atoms with Gasteiger partial charge in [-0.1, -0.05) is 30.3 Å². The van der Waals surface area contributed by atoms with Gasteiger partial charge < -0.3 is 0 Å². The molecule has 0 spiro atoms. The van der Waals surface area contributed by atoms with Crippen LogP contribution in [-0.4, -0.2) is 32.5 Å². The average molecular weight is 497 g/mol. The van der Waals surface area contributed by atoms with Gasteiger partial charge in [-0.3, -0.25) is 14.6 Å². The molecule has 1 heterocycles. The number of halogens is 3. The van der Waals surface area contributed by atoms with E-state index in [-0.39, 0.29) is 29.9 Å². The highest BCUT2D eigenvalue weighted by atomic mass is 79.9. The van der Waals surface area contributed by atoms with Gasteiger partial charge in [-0.2, -0.15) is 8.78 Å². The summed E-state index contributed by atoms with van der Waals surface area (Å²) in [6.07, 6.45) is 3.38. The Morgan fingerprint density at radius 3 is 2.70 bits per heavy atom. The van der Waals surface area contributed by atoms with E-state index in [9.17, 15) is 13.6 Å². The first kappa shape index (κ1) is 21.4. The van der Waals surface area contributed by atoms with Gasteiger partial charge in [0, 0.05) is 11.8 Å². The highest BCUT2D eigenvalue weighted by Crippen LogP contribution is 2.45. The molecule has 30 heavy (non-hydrogen) atoms. The molecule has 1 saturated carbocycles. The van der Waals surface area contributed by atoms with Crippen molar-refractivity contribution >= 4 is 44.2 Å². The molecule has 0 atom stereocenters. The van der Waals surface area contributed by atoms with E-state index in [1.807, 2.05) is 30.3 Å². The van der Waals surface area contributed by atoms with Gasteiger partial charge in [0.25, 0.3) is 0 Å². The van der Waals surface area contributed by atoms with Crippen molar-refractivity contribution in [2.24, 2.45) is 0 Å². The van der Waals surface area contributed by atoms with Crippen molar-refractivity contribution in [2.75, 3.05) is 6.61 Å². The van der Waals surface area contributed by atoms with E-state index in [4.69, 9.17) is 5.26 Å². The number of fused-ring (bicyclic) bond motifs is 1. The number of imidazole rings is 1. The Kier molecular flexibility index (Phi) is 6.24. The van der Waals surface area contributed by atoms with Gasteiger partial charge in [0.1, 0.15) is 4.60 Å². The summed E-state index contributed by atoms with van der Waals surface area (Å²) in [6, 6.07) is 11.9. The van der Waals surface area contributed by atoms with Gasteiger partial charge in [-0.25, -0.2) is 9.87 Å². The molecule has 0 bridgehead atoms. The number of nitrogens with zero attached hydrogens (tertiary/aromatic N) is 2. The van der Waals surface area contributed by atoms with E-state index in [2.05, 4.69) is 31.9 Å². The van der Waals surface area contributed by atoms with Crippen LogP contribution in [-0.2, 0) is 9.68 Å². The molecule has 0 saturated heterocycles. The first-order valence-corrected chi connectivity index (χ1v) is 11.1. The number of benzene rings is 2. The van der Waals surface area contributed by atoms with Crippen LogP contribution in [0.3, 0.4) is 0 Å². The molecule has 1 aliphatic rings. The summed E-state index contributed by atoms with van der Waals surface area (Å²) in [6.45, 7) is -0.175. The Morgan fingerprint density at radius 1 is 1.27 bits per heavy atom. The summed E-state index contributed by atoms with van der Waals surface area (Å²) in [5.41, 5.74) is 1.99. The van der Waals surface area contributed by atoms with Gasteiger partial charge in [0.2, 0.25) is 5.78 Å². The number of carbonyl (C=O) groups excluding carboxylic acids is 1. The molecular weight excluding hydrogens is 478 g/mol. The fraction of sp³-hybridized carbons (Fsp3) is 0.333. The predicted molar refractivity (Wildman–Crippen MR) is 114 cm³/mol. The van der Waals surface area contributed by atoms with E-state index in [1.54, 1.807) is 4.57 Å². The molecule has 1 aromatic heterocycles. The number of hydrogen-bond donors (Lipinski definition) is 1. The molecule has 9 heteroatoms. The molecule has 0 amide bonds. The molecule has 1 aliphatic carbocycles. The highest BCUT2D eigenvalue weighted by Gasteiger charge is 2.41. The number of alkyl halides is 2. The maximum Gasteiger partial charge on any atom is 0.358 e. The number of thioether (sulfide) groups is 1. The smallest absolute Gasteiger partial charge is 0.292 e. The normalized spacial score (nSPS) is 14.4. The SMILES string of the molecule is O=C(CCCOO)C(F)(F)Sc1ncc(Br)n1-c1ccc(C2CC2)c2ccccc12. The lowest BCUT2D eigenvalue weighted by molar-refractivity contribution is -0.242. The molecule has 0 aliphatic heterocycles. The summed E-state index contributed by atoms with van der Waals surface area (Å²) in [4.78, 5) is 19.9. The Labute approximate surface area is 184 Å². The zero-order chi connectivity index (χ0) is 21.3. The van der Waals surface area contributed by atoms with E-state index in [0.717, 1.165) is 29.3 Å². The molecule has 0 radical (unpaired) electrons. The Bertz CT molecular complexity index is 1090. The van der Waals surface area contributed by atoms with Crippen LogP contribution < -0.4 is 0 Å². The minimum atomic E-state index is -3.65. The van der Waals surface area contributed by atoms with Crippen molar-refractivity contribution in [3.05, 3.63) is 52.8 Å². The lowest BCUT2D eigenvalue weighted by Crippen LogP contribution is -2.25. The van der Waals surface area contributed by atoms with Gasteiger partial charge in [-0.15, -0.1) is 0 Å². The molecule has 0 unspecified atom stereocenters. The van der Waals surface area contributed by atoms with Crippen LogP contribution in [0.1, 0.15) is 37.2 Å². The number of ketones is 1. The largest absolute Gasteiger partial charge is 0.358 e. The number of rotatable bonds is 9. The molecule has 158 valence electrons. The second kappa shape index (κ2) is 8.74. The van der Waals surface area contributed by atoms with Gasteiger partial charge in [-0.05, 0) is 69.9 Å². The molecule has 4 rings (SSSR count). The van der Waals surface area contributed by atoms with Crippen LogP contribution in [0, 0.1) is 0 Å². The summed E-state index contributed by atoms with van der Waals surface area (Å²) in [5, 5.41) is 6.71. The zero-order valence-corrected chi connectivity index (χ0v) is 18.3. The molecule has 2 aromatic carbocycles. The third-order valence-corrected chi connectivity index (χ3v) is 6.58. The van der Waals surface area contributed by atoms with Crippen LogP contribution in [0.2, 0.25) is 0 Å². The third kappa shape index (κ3) is 4.30. The number of aromatic nitrogens is 2. The van der Waals surface area contributed by atoms with Crippen molar-refractivity contribution < 1.29 is 23.7 Å². The first-order valence-electron chi connectivity index (χ1n) is 9.54. The monoisotopic (exact) mass is 496 g/mol. The summed E-state index contributed by atoms with van der Waals surface area (Å²) >= 11 is 3.53. The van der Waals surface area contributed by atoms with Gasteiger partial charge >= 0.3 is 5.25 Å². The maximum absolute atomic E-state index is 14.6. The molecular formula is C21H19BrF2N2O3S. The van der Waals surface area contributed by atoms with Crippen molar-refractivity contribution in [3.8, 4) is 5.69 Å². The minimum absolute atomic E-state index is 0.0108. The maximum atomic E-state index is 14.6. The second-order valence-electron chi connectivity index (χ2n) is 7.17. The van der Waals surface area contributed by atoms with Crippen LogP contribution >= 0.6 is 27.7 Å². The summed E-state index contributed by atoms with van der Waals surface area (Å²) < 4.78 is 31.3. The Balaban J connectivity index is 1.70. The second-order valence-corrected chi connectivity index (χ2v) is 9.07. The highest BCUT2D eigenvalue weighted by molar-refractivity contribution is 9.10. The quantitative estimate of drug-likeness (QED) is 0.165. The number of hydrogen-bond acceptors (Lipinski definition) is 5. The first-order chi connectivity index (χ1) is 14.4. The van der Waals surface area contributed by atoms with Crippen LogP contribution in [0.15, 0.2) is 52.4 Å². The van der Waals surface area contributed by atoms with Crippen LogP contribution in [0.25, 0.3) is 16.5 Å². The van der Waals surface area contributed by atoms with Gasteiger partial charge in [0.15, 0.2) is 5.16 Å². The van der Waals surface area contributed by atoms with Crippen molar-refractivity contribution in [2.45, 2.75) is 42.0 Å². The van der Waals surface area contributed by atoms with Crippen molar-refractivity contribution in [1.82, 2.24) is 9.55 Å². The molecule has 1 fully saturated rings. The third-order valence-electron chi connectivity index (χ3n) is 5.06. The number of carbonyl (C=O) groups is 1.